The molecule has 0 aromatic carbocycles. The van der Waals surface area contributed by atoms with Gasteiger partial charge in [-0.25, -0.2) is 8.42 Å². The number of carboxylic acids is 1. The smallest absolute Gasteiger partial charge is 0.325 e. The first-order valence-corrected chi connectivity index (χ1v) is 7.93. The van der Waals surface area contributed by atoms with E-state index in [1.807, 2.05) is 0 Å². The maximum Gasteiger partial charge on any atom is 0.325 e. The Bertz CT molecular complexity index is 448. The van der Waals surface area contributed by atoms with E-state index < -0.39 is 34.0 Å². The fourth-order valence-electron chi connectivity index (χ4n) is 2.04. The molecule has 2 atom stereocenters. The summed E-state index contributed by atoms with van der Waals surface area (Å²) in [7, 11) is -3.45. The molecule has 1 heterocycles. The summed E-state index contributed by atoms with van der Waals surface area (Å²) in [5.41, 5.74) is 0. The third-order valence-corrected chi connectivity index (χ3v) is 5.09. The van der Waals surface area contributed by atoms with Crippen LogP contribution in [0.4, 0.5) is 0 Å². The maximum atomic E-state index is 12.0. The summed E-state index contributed by atoms with van der Waals surface area (Å²) >= 11 is 0. The van der Waals surface area contributed by atoms with E-state index in [4.69, 9.17) is 5.11 Å². The van der Waals surface area contributed by atoms with Gasteiger partial charge in [-0.2, -0.15) is 4.31 Å². The summed E-state index contributed by atoms with van der Waals surface area (Å²) in [4.78, 5) is 22.7. The number of sulfonamides is 1. The molecule has 0 aromatic heterocycles. The maximum absolute atomic E-state index is 12.0. The summed E-state index contributed by atoms with van der Waals surface area (Å²) < 4.78 is 25.0. The first-order valence-electron chi connectivity index (χ1n) is 6.32. The molecule has 1 aliphatic rings. The van der Waals surface area contributed by atoms with E-state index in [9.17, 15) is 18.0 Å². The summed E-state index contributed by atoms with van der Waals surface area (Å²) in [6.45, 7) is 3.19. The van der Waals surface area contributed by atoms with Crippen molar-refractivity contribution in [2.24, 2.45) is 0 Å². The van der Waals surface area contributed by atoms with Crippen LogP contribution in [0.1, 0.15) is 33.1 Å². The van der Waals surface area contributed by atoms with Gasteiger partial charge in [0.2, 0.25) is 15.9 Å². The van der Waals surface area contributed by atoms with Crippen molar-refractivity contribution in [3.63, 3.8) is 0 Å². The van der Waals surface area contributed by atoms with Gasteiger partial charge < -0.3 is 10.4 Å². The third-order valence-electron chi connectivity index (χ3n) is 3.21. The zero-order valence-electron chi connectivity index (χ0n) is 11.1. The molecule has 0 radical (unpaired) electrons. The molecule has 7 nitrogen and oxygen atoms in total. The number of carbonyl (C=O) groups is 2. The van der Waals surface area contributed by atoms with Crippen LogP contribution in [0.2, 0.25) is 0 Å². The van der Waals surface area contributed by atoms with Gasteiger partial charge in [0.25, 0.3) is 0 Å². The van der Waals surface area contributed by atoms with Gasteiger partial charge in [0, 0.05) is 6.54 Å². The van der Waals surface area contributed by atoms with Crippen LogP contribution in [-0.2, 0) is 19.6 Å². The van der Waals surface area contributed by atoms with Gasteiger partial charge >= 0.3 is 5.97 Å². The molecule has 1 rings (SSSR count). The Hall–Kier alpha value is -1.15. The minimum Gasteiger partial charge on any atom is -0.480 e. The van der Waals surface area contributed by atoms with Crippen LogP contribution in [0.5, 0.6) is 0 Å². The van der Waals surface area contributed by atoms with Crippen molar-refractivity contribution < 1.29 is 23.1 Å². The molecule has 1 amide bonds. The van der Waals surface area contributed by atoms with Crippen molar-refractivity contribution in [1.29, 1.82) is 0 Å². The number of nitrogens with one attached hydrogen (secondary N) is 1. The Morgan fingerprint density at radius 1 is 1.42 bits per heavy atom. The third kappa shape index (κ3) is 3.90. The van der Waals surface area contributed by atoms with Crippen LogP contribution in [-0.4, -0.2) is 54.1 Å². The first-order chi connectivity index (χ1) is 8.79. The molecule has 8 heteroatoms. The van der Waals surface area contributed by atoms with Crippen LogP contribution < -0.4 is 5.32 Å². The van der Waals surface area contributed by atoms with Gasteiger partial charge in [0.15, 0.2) is 0 Å². The van der Waals surface area contributed by atoms with Gasteiger partial charge in [0.05, 0.1) is 5.75 Å². The van der Waals surface area contributed by atoms with E-state index in [1.165, 1.54) is 18.2 Å². The number of rotatable bonds is 5. The van der Waals surface area contributed by atoms with Crippen molar-refractivity contribution in [1.82, 2.24) is 9.62 Å². The average molecular weight is 292 g/mol. The van der Waals surface area contributed by atoms with Crippen LogP contribution in [0.25, 0.3) is 0 Å². The lowest BCUT2D eigenvalue weighted by atomic mass is 10.0. The topological polar surface area (TPSA) is 104 Å². The molecule has 1 fully saturated rings. The molecular formula is C11H20N2O5S. The number of hydrogen-bond donors (Lipinski definition) is 2. The number of hydrogen-bond acceptors (Lipinski definition) is 4. The molecule has 110 valence electrons. The van der Waals surface area contributed by atoms with Crippen molar-refractivity contribution in [3.8, 4) is 0 Å². The monoisotopic (exact) mass is 292 g/mol. The summed E-state index contributed by atoms with van der Waals surface area (Å²) in [6.07, 6.45) is 1.91. The second-order valence-electron chi connectivity index (χ2n) is 4.59. The lowest BCUT2D eigenvalue weighted by Gasteiger charge is -2.33. The SMILES string of the molecule is CCS(=O)(=O)N1CCCC[C@H]1C(=O)N[C@H](C)C(=O)O. The van der Waals surface area contributed by atoms with E-state index in [2.05, 4.69) is 5.32 Å². The molecule has 0 spiro atoms. The molecule has 1 saturated heterocycles. The standard InChI is InChI=1S/C11H20N2O5S/c1-3-19(17,18)13-7-5-4-6-9(13)10(14)12-8(2)11(15)16/h8-9H,3-7H2,1-2H3,(H,12,14)(H,15,16)/t8-,9+/m1/s1. The lowest BCUT2D eigenvalue weighted by Crippen LogP contribution is -2.54. The lowest BCUT2D eigenvalue weighted by molar-refractivity contribution is -0.142. The Balaban J connectivity index is 2.83. The molecule has 0 saturated carbocycles. The Kier molecular flexibility index (Phi) is 5.30. The normalized spacial score (nSPS) is 22.7. The minimum atomic E-state index is -3.45. The predicted molar refractivity (Wildman–Crippen MR) is 69.0 cm³/mol. The number of nitrogens with zero attached hydrogens (tertiary/aromatic N) is 1. The number of carbonyl (C=O) groups excluding carboxylic acids is 1. The summed E-state index contributed by atoms with van der Waals surface area (Å²) in [6, 6.07) is -1.82. The van der Waals surface area contributed by atoms with E-state index in [1.54, 1.807) is 0 Å². The molecular weight excluding hydrogens is 272 g/mol. The number of aliphatic carboxylic acids is 1. The predicted octanol–water partition coefficient (Wildman–Crippen LogP) is -0.220. The van der Waals surface area contributed by atoms with Crippen LogP contribution in [0.15, 0.2) is 0 Å². The molecule has 1 aliphatic heterocycles. The summed E-state index contributed by atoms with van der Waals surface area (Å²) in [5, 5.41) is 11.1. The zero-order chi connectivity index (χ0) is 14.6. The molecule has 0 aliphatic carbocycles. The quantitative estimate of drug-likeness (QED) is 0.729. The van der Waals surface area contributed by atoms with Crippen LogP contribution in [0.3, 0.4) is 0 Å². The molecule has 19 heavy (non-hydrogen) atoms. The van der Waals surface area contributed by atoms with Crippen molar-refractivity contribution in [3.05, 3.63) is 0 Å². The van der Waals surface area contributed by atoms with Gasteiger partial charge in [0.1, 0.15) is 12.1 Å². The van der Waals surface area contributed by atoms with Crippen molar-refractivity contribution in [2.45, 2.75) is 45.2 Å². The number of piperidine rings is 1. The Morgan fingerprint density at radius 2 is 2.05 bits per heavy atom. The first kappa shape index (κ1) is 15.9. The van der Waals surface area contributed by atoms with Gasteiger partial charge in [-0.15, -0.1) is 0 Å². The van der Waals surface area contributed by atoms with E-state index in [0.29, 0.717) is 13.0 Å². The van der Waals surface area contributed by atoms with Gasteiger partial charge in [-0.1, -0.05) is 6.42 Å². The van der Waals surface area contributed by atoms with E-state index >= 15 is 0 Å². The highest BCUT2D eigenvalue weighted by molar-refractivity contribution is 7.89. The average Bonchev–Trinajstić information content (AvgIpc) is 2.38. The fraction of sp³-hybridized carbons (Fsp3) is 0.818. The number of amides is 1. The molecule has 2 N–H and O–H groups in total. The molecule has 0 unspecified atom stereocenters. The Labute approximate surface area is 113 Å². The van der Waals surface area contributed by atoms with Crippen molar-refractivity contribution >= 4 is 21.9 Å². The molecule has 0 bridgehead atoms. The second-order valence-corrected chi connectivity index (χ2v) is 6.80. The highest BCUT2D eigenvalue weighted by Crippen LogP contribution is 2.21. The number of carboxylic acid groups (broad SMARTS) is 1. The van der Waals surface area contributed by atoms with Crippen LogP contribution >= 0.6 is 0 Å². The Morgan fingerprint density at radius 3 is 2.58 bits per heavy atom. The van der Waals surface area contributed by atoms with Gasteiger partial charge in [-0.05, 0) is 26.7 Å². The van der Waals surface area contributed by atoms with Crippen LogP contribution in [0, 0.1) is 0 Å². The summed E-state index contributed by atoms with van der Waals surface area (Å²) in [5.74, 6) is -1.74. The molecule has 0 aromatic rings. The largest absolute Gasteiger partial charge is 0.480 e. The zero-order valence-corrected chi connectivity index (χ0v) is 11.9. The van der Waals surface area contributed by atoms with Gasteiger partial charge in [-0.3, -0.25) is 9.59 Å². The second kappa shape index (κ2) is 6.33. The highest BCUT2D eigenvalue weighted by Gasteiger charge is 2.36. The van der Waals surface area contributed by atoms with E-state index in [0.717, 1.165) is 12.8 Å². The van der Waals surface area contributed by atoms with Crippen molar-refractivity contribution in [2.75, 3.05) is 12.3 Å². The minimum absolute atomic E-state index is 0.0642. The fourth-order valence-corrected chi connectivity index (χ4v) is 3.36. The highest BCUT2D eigenvalue weighted by atomic mass is 32.2. The van der Waals surface area contributed by atoms with E-state index in [-0.39, 0.29) is 5.75 Å².